The molecular weight excluding hydrogens is 206 g/mol. The monoisotopic (exact) mass is 227 g/mol. The predicted octanol–water partition coefficient (Wildman–Crippen LogP) is 0.786. The molecule has 2 aliphatic rings. The summed E-state index contributed by atoms with van der Waals surface area (Å²) in [6, 6.07) is 0.606. The number of hydrogen-bond acceptors (Lipinski definition) is 4. The van der Waals surface area contributed by atoms with Gasteiger partial charge in [-0.25, -0.2) is 4.79 Å². The maximum atomic E-state index is 10.9. The van der Waals surface area contributed by atoms with Gasteiger partial charge in [-0.2, -0.15) is 0 Å². The smallest absolute Gasteiger partial charge is 0.331 e. The van der Waals surface area contributed by atoms with E-state index in [-0.39, 0.29) is 0 Å². The molecule has 0 unspecified atom stereocenters. The molecule has 2 rings (SSSR count). The quantitative estimate of drug-likeness (QED) is 0.724. The van der Waals surface area contributed by atoms with Crippen molar-refractivity contribution < 1.29 is 14.6 Å². The van der Waals surface area contributed by atoms with Gasteiger partial charge in [-0.15, -0.1) is 0 Å². The van der Waals surface area contributed by atoms with Crippen LogP contribution in [0.4, 0.5) is 0 Å². The molecule has 0 radical (unpaired) electrons. The summed E-state index contributed by atoms with van der Waals surface area (Å²) in [6.07, 6.45) is 6.20. The van der Waals surface area contributed by atoms with Gasteiger partial charge >= 0.3 is 5.97 Å². The van der Waals surface area contributed by atoms with Gasteiger partial charge in [0, 0.05) is 12.0 Å². The summed E-state index contributed by atoms with van der Waals surface area (Å²) < 4.78 is 5.06. The molecule has 0 aromatic carbocycles. The van der Waals surface area contributed by atoms with E-state index in [1.54, 1.807) is 0 Å². The van der Waals surface area contributed by atoms with Crippen LogP contribution in [0.15, 0.2) is 0 Å². The van der Waals surface area contributed by atoms with Gasteiger partial charge in [-0.1, -0.05) is 6.42 Å². The van der Waals surface area contributed by atoms with Crippen molar-refractivity contribution in [1.29, 1.82) is 0 Å². The molecule has 0 spiro atoms. The Labute approximate surface area is 96.6 Å². The highest BCUT2D eigenvalue weighted by Gasteiger charge is 2.33. The Balaban J connectivity index is 1.85. The highest BCUT2D eigenvalue weighted by atomic mass is 16.5. The van der Waals surface area contributed by atoms with E-state index >= 15 is 0 Å². The summed E-state index contributed by atoms with van der Waals surface area (Å²) in [6.45, 7) is 2.39. The van der Waals surface area contributed by atoms with Crippen LogP contribution >= 0.6 is 0 Å². The molecule has 0 aromatic heterocycles. The number of fused-ring (bicyclic) bond motifs is 1. The Kier molecular flexibility index (Phi) is 4.18. The summed E-state index contributed by atoms with van der Waals surface area (Å²) in [4.78, 5) is 13.5. The van der Waals surface area contributed by atoms with E-state index in [0.29, 0.717) is 18.6 Å². The third-order valence-corrected chi connectivity index (χ3v) is 3.82. The number of aliphatic hydroxyl groups is 1. The molecule has 2 saturated heterocycles. The molecular formula is C12H21NO3. The van der Waals surface area contributed by atoms with Crippen LogP contribution in [0.5, 0.6) is 0 Å². The molecule has 2 atom stereocenters. The zero-order chi connectivity index (χ0) is 11.4. The first kappa shape index (κ1) is 11.9. The Morgan fingerprint density at radius 3 is 2.88 bits per heavy atom. The molecule has 0 bridgehead atoms. The van der Waals surface area contributed by atoms with E-state index in [2.05, 4.69) is 4.90 Å². The van der Waals surface area contributed by atoms with Crippen molar-refractivity contribution >= 4 is 5.97 Å². The molecule has 0 saturated carbocycles. The number of carbonyl (C=O) groups is 1. The second kappa shape index (κ2) is 5.64. The van der Waals surface area contributed by atoms with Gasteiger partial charge in [-0.3, -0.25) is 4.90 Å². The van der Waals surface area contributed by atoms with Crippen LogP contribution < -0.4 is 0 Å². The van der Waals surface area contributed by atoms with Crippen molar-refractivity contribution in [3.05, 3.63) is 0 Å². The fourth-order valence-corrected chi connectivity index (χ4v) is 3.02. The molecule has 16 heavy (non-hydrogen) atoms. The van der Waals surface area contributed by atoms with E-state index in [9.17, 15) is 4.79 Å². The van der Waals surface area contributed by atoms with E-state index in [1.807, 2.05) is 0 Å². The molecule has 1 N–H and O–H groups in total. The van der Waals surface area contributed by atoms with Crippen LogP contribution in [-0.2, 0) is 9.53 Å². The Morgan fingerprint density at radius 1 is 1.25 bits per heavy atom. The number of hydrogen-bond donors (Lipinski definition) is 1. The van der Waals surface area contributed by atoms with Crippen LogP contribution in [-0.4, -0.2) is 48.3 Å². The maximum absolute atomic E-state index is 10.9. The summed E-state index contributed by atoms with van der Waals surface area (Å²) in [7, 11) is 0. The lowest BCUT2D eigenvalue weighted by Crippen LogP contribution is -2.49. The summed E-state index contributed by atoms with van der Waals surface area (Å²) in [5.41, 5.74) is 0. The topological polar surface area (TPSA) is 49.8 Å². The minimum Gasteiger partial charge on any atom is -0.464 e. The van der Waals surface area contributed by atoms with Gasteiger partial charge in [0.25, 0.3) is 0 Å². The first-order valence-electron chi connectivity index (χ1n) is 6.32. The highest BCUT2D eigenvalue weighted by molar-refractivity contribution is 5.70. The number of nitrogens with zero attached hydrogens (tertiary/aromatic N) is 1. The van der Waals surface area contributed by atoms with Crippen LogP contribution in [0.2, 0.25) is 0 Å². The fourth-order valence-electron chi connectivity index (χ4n) is 3.02. The lowest BCUT2D eigenvalue weighted by molar-refractivity contribution is -0.149. The van der Waals surface area contributed by atoms with E-state index in [0.717, 1.165) is 6.42 Å². The number of ether oxygens (including phenoxy) is 1. The van der Waals surface area contributed by atoms with E-state index in [1.165, 1.54) is 38.8 Å². The summed E-state index contributed by atoms with van der Waals surface area (Å²) in [5.74, 6) is -0.0162. The summed E-state index contributed by atoms with van der Waals surface area (Å²) >= 11 is 0. The molecule has 2 fully saturated rings. The third kappa shape index (κ3) is 2.74. The molecule has 2 aliphatic heterocycles. The van der Waals surface area contributed by atoms with Crippen LogP contribution in [0.3, 0.4) is 0 Å². The van der Waals surface area contributed by atoms with Gasteiger partial charge in [0.2, 0.25) is 0 Å². The van der Waals surface area contributed by atoms with E-state index < -0.39 is 12.6 Å². The van der Waals surface area contributed by atoms with Crippen LogP contribution in [0.1, 0.15) is 32.1 Å². The third-order valence-electron chi connectivity index (χ3n) is 3.82. The van der Waals surface area contributed by atoms with Crippen molar-refractivity contribution in [2.75, 3.05) is 26.3 Å². The molecule has 0 aromatic rings. The molecule has 2 heterocycles. The zero-order valence-electron chi connectivity index (χ0n) is 9.73. The van der Waals surface area contributed by atoms with Gasteiger partial charge in [0.15, 0.2) is 0 Å². The Bertz CT molecular complexity index is 242. The first-order valence-corrected chi connectivity index (χ1v) is 6.32. The lowest BCUT2D eigenvalue weighted by Gasteiger charge is -2.44. The van der Waals surface area contributed by atoms with Gasteiger partial charge < -0.3 is 9.84 Å². The average molecular weight is 227 g/mol. The van der Waals surface area contributed by atoms with Crippen LogP contribution in [0.25, 0.3) is 0 Å². The van der Waals surface area contributed by atoms with Gasteiger partial charge in [0.1, 0.15) is 6.61 Å². The number of rotatable bonds is 3. The van der Waals surface area contributed by atoms with Crippen molar-refractivity contribution in [2.45, 2.75) is 38.1 Å². The average Bonchev–Trinajstić information content (AvgIpc) is 2.35. The SMILES string of the molecule is O=C(CO)OC[C@@H]1CCCN2CCCC[C@@H]12. The molecule has 92 valence electrons. The fraction of sp³-hybridized carbons (Fsp3) is 0.917. The zero-order valence-corrected chi connectivity index (χ0v) is 9.73. The molecule has 0 amide bonds. The standard InChI is InChI=1S/C12H21NO3/c14-8-12(15)16-9-10-4-3-7-13-6-2-1-5-11(10)13/h10-11,14H,1-9H2/t10-,11-/m0/s1. The minimum absolute atomic E-state index is 0.476. The molecule has 4 nitrogen and oxygen atoms in total. The lowest BCUT2D eigenvalue weighted by atomic mass is 9.84. The van der Waals surface area contributed by atoms with Gasteiger partial charge in [0.05, 0.1) is 6.61 Å². The largest absolute Gasteiger partial charge is 0.464 e. The van der Waals surface area contributed by atoms with Crippen LogP contribution in [0, 0.1) is 5.92 Å². The predicted molar refractivity (Wildman–Crippen MR) is 60.0 cm³/mol. The van der Waals surface area contributed by atoms with Crippen molar-refractivity contribution in [1.82, 2.24) is 4.90 Å². The second-order valence-corrected chi connectivity index (χ2v) is 4.84. The van der Waals surface area contributed by atoms with E-state index in [4.69, 9.17) is 9.84 Å². The number of carbonyl (C=O) groups excluding carboxylic acids is 1. The van der Waals surface area contributed by atoms with Crippen molar-refractivity contribution in [3.63, 3.8) is 0 Å². The van der Waals surface area contributed by atoms with Gasteiger partial charge in [-0.05, 0) is 38.8 Å². The molecule has 0 aliphatic carbocycles. The number of aliphatic hydroxyl groups excluding tert-OH is 1. The Hall–Kier alpha value is -0.610. The van der Waals surface area contributed by atoms with Crippen molar-refractivity contribution in [3.8, 4) is 0 Å². The second-order valence-electron chi connectivity index (χ2n) is 4.84. The first-order chi connectivity index (χ1) is 7.81. The maximum Gasteiger partial charge on any atom is 0.331 e. The minimum atomic E-state index is -0.499. The normalized spacial score (nSPS) is 30.8. The molecule has 4 heteroatoms. The summed E-state index contributed by atoms with van der Waals surface area (Å²) in [5, 5.41) is 8.61. The van der Waals surface area contributed by atoms with Crippen molar-refractivity contribution in [2.24, 2.45) is 5.92 Å². The number of piperidine rings is 2. The number of esters is 1. The highest BCUT2D eigenvalue weighted by Crippen LogP contribution is 2.30. The Morgan fingerprint density at radius 2 is 2.06 bits per heavy atom.